The highest BCUT2D eigenvalue weighted by Crippen LogP contribution is 2.26. The van der Waals surface area contributed by atoms with Crippen LogP contribution in [0.15, 0.2) is 64.5 Å². The fourth-order valence-electron chi connectivity index (χ4n) is 2.70. The first kappa shape index (κ1) is 16.9. The van der Waals surface area contributed by atoms with Crippen molar-refractivity contribution in [2.75, 3.05) is 10.7 Å². The highest BCUT2D eigenvalue weighted by molar-refractivity contribution is 9.10. The number of sulfone groups is 1. The molecule has 0 fully saturated rings. The lowest BCUT2D eigenvalue weighted by Gasteiger charge is -2.28. The fourth-order valence-corrected chi connectivity index (χ4v) is 4.23. The van der Waals surface area contributed by atoms with Crippen molar-refractivity contribution < 1.29 is 13.2 Å². The summed E-state index contributed by atoms with van der Waals surface area (Å²) in [5, 5.41) is 1.19. The molecule has 0 spiro atoms. The molecule has 0 aliphatic carbocycles. The quantitative estimate of drug-likeness (QED) is 0.781. The summed E-state index contributed by atoms with van der Waals surface area (Å²) >= 11 is 3.37. The van der Waals surface area contributed by atoms with Gasteiger partial charge in [0.25, 0.3) is 5.91 Å². The van der Waals surface area contributed by atoms with Gasteiger partial charge in [0.15, 0.2) is 9.84 Å². The minimum Gasteiger partial charge on any atom is -0.300 e. The number of carbonyl (C=O) groups excluding carboxylic acids is 1. The van der Waals surface area contributed by atoms with E-state index in [1.807, 2.05) is 31.2 Å². The molecular weight excluding hydrogens is 390 g/mol. The molecule has 6 heteroatoms. The zero-order valence-electron chi connectivity index (χ0n) is 13.0. The minimum absolute atomic E-state index is 0.0966. The van der Waals surface area contributed by atoms with Crippen LogP contribution in [0.25, 0.3) is 0 Å². The Morgan fingerprint density at radius 1 is 1.17 bits per heavy atom. The van der Waals surface area contributed by atoms with E-state index < -0.39 is 15.9 Å². The van der Waals surface area contributed by atoms with Crippen molar-refractivity contribution >= 4 is 37.4 Å². The molecule has 1 unspecified atom stereocenters. The monoisotopic (exact) mass is 405 g/mol. The number of anilines is 1. The van der Waals surface area contributed by atoms with Crippen LogP contribution in [0.4, 0.5) is 5.69 Å². The van der Waals surface area contributed by atoms with Crippen molar-refractivity contribution in [3.05, 3.63) is 75.6 Å². The Labute approximate surface area is 149 Å². The summed E-state index contributed by atoms with van der Waals surface area (Å²) in [4.78, 5) is 14.6. The SMILES string of the molecule is Cc1cccc(C(=O)N(c2ccc(Br)cc2)C2C=CS(=O)(=O)C2)c1. The lowest BCUT2D eigenvalue weighted by atomic mass is 10.1. The van der Waals surface area contributed by atoms with E-state index in [2.05, 4.69) is 15.9 Å². The summed E-state index contributed by atoms with van der Waals surface area (Å²) in [5.41, 5.74) is 2.18. The smallest absolute Gasteiger partial charge is 0.258 e. The number of rotatable bonds is 3. The van der Waals surface area contributed by atoms with Crippen LogP contribution < -0.4 is 4.90 Å². The number of hydrogen-bond donors (Lipinski definition) is 0. The Morgan fingerprint density at radius 2 is 1.88 bits per heavy atom. The molecule has 124 valence electrons. The Morgan fingerprint density at radius 3 is 2.46 bits per heavy atom. The fraction of sp³-hybridized carbons (Fsp3) is 0.167. The van der Waals surface area contributed by atoms with Gasteiger partial charge < -0.3 is 4.90 Å². The molecule has 2 aromatic rings. The van der Waals surface area contributed by atoms with Gasteiger partial charge in [-0.05, 0) is 49.4 Å². The second-order valence-electron chi connectivity index (χ2n) is 5.75. The predicted molar refractivity (Wildman–Crippen MR) is 98.8 cm³/mol. The second-order valence-corrected chi connectivity index (χ2v) is 8.59. The lowest BCUT2D eigenvalue weighted by Crippen LogP contribution is -2.41. The lowest BCUT2D eigenvalue weighted by molar-refractivity contribution is 0.0983. The zero-order chi connectivity index (χ0) is 17.3. The molecule has 1 heterocycles. The third kappa shape index (κ3) is 3.60. The molecule has 0 bridgehead atoms. The van der Waals surface area contributed by atoms with Crippen LogP contribution in [-0.2, 0) is 9.84 Å². The number of carbonyl (C=O) groups is 1. The van der Waals surface area contributed by atoms with Crippen molar-refractivity contribution in [2.45, 2.75) is 13.0 Å². The Bertz CT molecular complexity index is 904. The standard InChI is InChI=1S/C18H16BrNO3S/c1-13-3-2-4-14(11-13)18(21)20(16-7-5-15(19)6-8-16)17-9-10-24(22,23)12-17/h2-11,17H,12H2,1H3. The van der Waals surface area contributed by atoms with Gasteiger partial charge >= 0.3 is 0 Å². The van der Waals surface area contributed by atoms with Gasteiger partial charge in [0.1, 0.15) is 0 Å². The van der Waals surface area contributed by atoms with Crippen LogP contribution in [0.2, 0.25) is 0 Å². The minimum atomic E-state index is -3.26. The van der Waals surface area contributed by atoms with E-state index in [0.717, 1.165) is 10.0 Å². The van der Waals surface area contributed by atoms with Crippen molar-refractivity contribution in [2.24, 2.45) is 0 Å². The van der Waals surface area contributed by atoms with E-state index >= 15 is 0 Å². The predicted octanol–water partition coefficient (Wildman–Crippen LogP) is 3.72. The van der Waals surface area contributed by atoms with E-state index in [1.54, 1.807) is 35.2 Å². The molecular formula is C18H16BrNO3S. The molecule has 1 amide bonds. The summed E-state index contributed by atoms with van der Waals surface area (Å²) in [6.45, 7) is 1.92. The molecule has 24 heavy (non-hydrogen) atoms. The van der Waals surface area contributed by atoms with Gasteiger partial charge in [0.2, 0.25) is 0 Å². The van der Waals surface area contributed by atoms with Gasteiger partial charge in [-0.1, -0.05) is 33.6 Å². The van der Waals surface area contributed by atoms with Gasteiger partial charge in [-0.3, -0.25) is 4.79 Å². The van der Waals surface area contributed by atoms with Gasteiger partial charge in [-0.25, -0.2) is 8.42 Å². The van der Waals surface area contributed by atoms with Crippen molar-refractivity contribution in [1.82, 2.24) is 0 Å². The summed E-state index contributed by atoms with van der Waals surface area (Å²) in [7, 11) is -3.26. The van der Waals surface area contributed by atoms with Gasteiger partial charge in [0, 0.05) is 21.1 Å². The van der Waals surface area contributed by atoms with Gasteiger partial charge in [0.05, 0.1) is 11.8 Å². The Hall–Kier alpha value is -1.92. The summed E-state index contributed by atoms with van der Waals surface area (Å²) in [5.74, 6) is -0.312. The molecule has 0 aromatic heterocycles. The van der Waals surface area contributed by atoms with E-state index in [9.17, 15) is 13.2 Å². The summed E-state index contributed by atoms with van der Waals surface area (Å²) in [6.07, 6.45) is 1.57. The molecule has 0 N–H and O–H groups in total. The third-order valence-corrected chi connectivity index (χ3v) is 5.74. The van der Waals surface area contributed by atoms with Crippen LogP contribution in [0.5, 0.6) is 0 Å². The van der Waals surface area contributed by atoms with Crippen LogP contribution in [0.3, 0.4) is 0 Å². The maximum atomic E-state index is 13.1. The number of aryl methyl sites for hydroxylation is 1. The molecule has 1 aliphatic rings. The first-order valence-electron chi connectivity index (χ1n) is 7.42. The average Bonchev–Trinajstić information content (AvgIpc) is 2.89. The van der Waals surface area contributed by atoms with Gasteiger partial charge in [-0.15, -0.1) is 0 Å². The number of benzene rings is 2. The Balaban J connectivity index is 2.03. The van der Waals surface area contributed by atoms with Crippen molar-refractivity contribution in [3.63, 3.8) is 0 Å². The second kappa shape index (κ2) is 6.53. The van der Waals surface area contributed by atoms with Crippen molar-refractivity contribution in [1.29, 1.82) is 0 Å². The molecule has 4 nitrogen and oxygen atoms in total. The topological polar surface area (TPSA) is 54.5 Å². The molecule has 0 saturated heterocycles. The molecule has 1 aliphatic heterocycles. The first-order valence-corrected chi connectivity index (χ1v) is 9.93. The van der Waals surface area contributed by atoms with E-state index in [0.29, 0.717) is 11.3 Å². The van der Waals surface area contributed by atoms with Crippen LogP contribution in [0.1, 0.15) is 15.9 Å². The molecule has 3 rings (SSSR count). The van der Waals surface area contributed by atoms with Crippen LogP contribution in [-0.4, -0.2) is 26.1 Å². The number of amides is 1. The zero-order valence-corrected chi connectivity index (χ0v) is 15.4. The van der Waals surface area contributed by atoms with Crippen LogP contribution in [0, 0.1) is 6.92 Å². The maximum Gasteiger partial charge on any atom is 0.258 e. The molecule has 2 aromatic carbocycles. The van der Waals surface area contributed by atoms with E-state index in [4.69, 9.17) is 0 Å². The number of nitrogens with zero attached hydrogens (tertiary/aromatic N) is 1. The number of hydrogen-bond acceptors (Lipinski definition) is 3. The average molecular weight is 406 g/mol. The van der Waals surface area contributed by atoms with Crippen LogP contribution >= 0.6 is 15.9 Å². The summed E-state index contributed by atoms with van der Waals surface area (Å²) in [6, 6.07) is 14.1. The van der Waals surface area contributed by atoms with Gasteiger partial charge in [-0.2, -0.15) is 0 Å². The molecule has 0 radical (unpaired) electrons. The first-order chi connectivity index (χ1) is 11.4. The molecule has 0 saturated carbocycles. The molecule has 1 atom stereocenters. The Kier molecular flexibility index (Phi) is 4.60. The maximum absolute atomic E-state index is 13.1. The highest BCUT2D eigenvalue weighted by atomic mass is 79.9. The largest absolute Gasteiger partial charge is 0.300 e. The third-order valence-electron chi connectivity index (χ3n) is 3.83. The summed E-state index contributed by atoms with van der Waals surface area (Å²) < 4.78 is 24.5. The van der Waals surface area contributed by atoms with Crippen molar-refractivity contribution in [3.8, 4) is 0 Å². The van der Waals surface area contributed by atoms with E-state index in [1.165, 1.54) is 5.41 Å². The number of halogens is 1. The highest BCUT2D eigenvalue weighted by Gasteiger charge is 2.32. The normalized spacial score (nSPS) is 18.5. The van der Waals surface area contributed by atoms with E-state index in [-0.39, 0.29) is 11.7 Å².